The number of methoxy groups -OCH3 is 1. The van der Waals surface area contributed by atoms with Crippen LogP contribution in [0.25, 0.3) is 0 Å². The summed E-state index contributed by atoms with van der Waals surface area (Å²) in [5.41, 5.74) is 0.409. The molecule has 0 bridgehead atoms. The molecule has 0 aliphatic rings. The summed E-state index contributed by atoms with van der Waals surface area (Å²) in [4.78, 5) is 11.8. The van der Waals surface area contributed by atoms with Crippen LogP contribution in [-0.2, 0) is 0 Å². The molecule has 1 rings (SSSR count). The van der Waals surface area contributed by atoms with Crippen molar-refractivity contribution in [1.29, 1.82) is 0 Å². The Kier molecular flexibility index (Phi) is 4.90. The van der Waals surface area contributed by atoms with Crippen molar-refractivity contribution in [1.82, 2.24) is 5.32 Å². The number of alkyl halides is 1. The largest absolute Gasteiger partial charge is 0.496 e. The van der Waals surface area contributed by atoms with E-state index >= 15 is 0 Å². The second-order valence-electron chi connectivity index (χ2n) is 3.37. The number of benzene rings is 1. The highest BCUT2D eigenvalue weighted by Crippen LogP contribution is 2.22. The Morgan fingerprint density at radius 3 is 2.81 bits per heavy atom. The van der Waals surface area contributed by atoms with E-state index in [1.165, 1.54) is 7.11 Å². The van der Waals surface area contributed by atoms with Crippen LogP contribution in [0.5, 0.6) is 5.75 Å². The number of hydrogen-bond acceptors (Lipinski definition) is 2. The third-order valence-electron chi connectivity index (χ3n) is 2.02. The monoisotopic (exact) mass is 261 g/mol. The minimum atomic E-state index is -0.243. The van der Waals surface area contributed by atoms with Gasteiger partial charge in [0.05, 0.1) is 12.7 Å². The third kappa shape index (κ3) is 3.29. The molecule has 16 heavy (non-hydrogen) atoms. The van der Waals surface area contributed by atoms with Crippen LogP contribution >= 0.6 is 23.2 Å². The molecule has 88 valence electrons. The molecule has 5 heteroatoms. The molecule has 0 aliphatic carbocycles. The maximum Gasteiger partial charge on any atom is 0.255 e. The van der Waals surface area contributed by atoms with Crippen LogP contribution in [0.1, 0.15) is 17.3 Å². The van der Waals surface area contributed by atoms with E-state index in [1.54, 1.807) is 18.2 Å². The average Bonchev–Trinajstić information content (AvgIpc) is 2.28. The molecule has 1 atom stereocenters. The molecule has 0 aromatic heterocycles. The normalized spacial score (nSPS) is 12.0. The van der Waals surface area contributed by atoms with Gasteiger partial charge in [0, 0.05) is 16.9 Å². The number of rotatable bonds is 4. The van der Waals surface area contributed by atoms with E-state index in [2.05, 4.69) is 5.32 Å². The first kappa shape index (κ1) is 13.1. The SMILES string of the molecule is COc1ccc(Cl)cc1C(=O)NC(C)CCl. The molecule has 0 fully saturated rings. The maximum absolute atomic E-state index is 11.8. The maximum atomic E-state index is 11.8. The first-order valence-corrected chi connectivity index (χ1v) is 5.70. The molecule has 3 nitrogen and oxygen atoms in total. The lowest BCUT2D eigenvalue weighted by molar-refractivity contribution is 0.0940. The number of amides is 1. The first-order valence-electron chi connectivity index (χ1n) is 4.79. The molecule has 1 aromatic rings. The van der Waals surface area contributed by atoms with Gasteiger partial charge in [0.2, 0.25) is 0 Å². The Morgan fingerprint density at radius 1 is 1.56 bits per heavy atom. The van der Waals surface area contributed by atoms with Gasteiger partial charge in [-0.3, -0.25) is 4.79 Å². The topological polar surface area (TPSA) is 38.3 Å². The van der Waals surface area contributed by atoms with Gasteiger partial charge in [-0.25, -0.2) is 0 Å². The smallest absolute Gasteiger partial charge is 0.255 e. The van der Waals surface area contributed by atoms with Gasteiger partial charge in [-0.05, 0) is 25.1 Å². The standard InChI is InChI=1S/C11H13Cl2NO2/c1-7(6-12)14-11(15)9-5-8(13)3-4-10(9)16-2/h3-5,7H,6H2,1-2H3,(H,14,15). The zero-order valence-corrected chi connectivity index (χ0v) is 10.6. The van der Waals surface area contributed by atoms with Crippen molar-refractivity contribution in [2.45, 2.75) is 13.0 Å². The number of carbonyl (C=O) groups is 1. The van der Waals surface area contributed by atoms with Gasteiger partial charge < -0.3 is 10.1 Å². The van der Waals surface area contributed by atoms with Gasteiger partial charge in [0.15, 0.2) is 0 Å². The second-order valence-corrected chi connectivity index (χ2v) is 4.12. The van der Waals surface area contributed by atoms with Crippen LogP contribution < -0.4 is 10.1 Å². The van der Waals surface area contributed by atoms with Crippen LogP contribution in [-0.4, -0.2) is 24.9 Å². The predicted molar refractivity (Wildman–Crippen MR) is 65.7 cm³/mol. The Bertz CT molecular complexity index is 382. The highest BCUT2D eigenvalue weighted by Gasteiger charge is 2.14. The minimum absolute atomic E-state index is 0.0992. The fourth-order valence-corrected chi connectivity index (χ4v) is 1.45. The predicted octanol–water partition coefficient (Wildman–Crippen LogP) is 2.71. The number of hydrogen-bond donors (Lipinski definition) is 1. The van der Waals surface area contributed by atoms with E-state index in [9.17, 15) is 4.79 Å². The van der Waals surface area contributed by atoms with Gasteiger partial charge in [0.25, 0.3) is 5.91 Å². The second kappa shape index (κ2) is 5.97. The van der Waals surface area contributed by atoms with Gasteiger partial charge >= 0.3 is 0 Å². The quantitative estimate of drug-likeness (QED) is 0.847. The summed E-state index contributed by atoms with van der Waals surface area (Å²) < 4.78 is 5.08. The van der Waals surface area contributed by atoms with E-state index < -0.39 is 0 Å². The number of carbonyl (C=O) groups excluding carboxylic acids is 1. The molecule has 0 spiro atoms. The van der Waals surface area contributed by atoms with Crippen molar-refractivity contribution in [3.05, 3.63) is 28.8 Å². The van der Waals surface area contributed by atoms with E-state index in [-0.39, 0.29) is 11.9 Å². The molecule has 0 saturated carbocycles. The summed E-state index contributed by atoms with van der Waals surface area (Å²) in [6.45, 7) is 1.82. The molecule has 0 radical (unpaired) electrons. The van der Waals surface area contributed by atoms with Crippen molar-refractivity contribution in [3.63, 3.8) is 0 Å². The Hall–Kier alpha value is -0.930. The van der Waals surface area contributed by atoms with Crippen LogP contribution in [0.3, 0.4) is 0 Å². The average molecular weight is 262 g/mol. The van der Waals surface area contributed by atoms with E-state index in [0.29, 0.717) is 22.2 Å². The molecule has 1 aromatic carbocycles. The highest BCUT2D eigenvalue weighted by atomic mass is 35.5. The van der Waals surface area contributed by atoms with E-state index in [1.807, 2.05) is 6.92 Å². The molecule has 0 aliphatic heterocycles. The summed E-state index contributed by atoms with van der Waals surface area (Å²) in [7, 11) is 1.50. The van der Waals surface area contributed by atoms with Crippen molar-refractivity contribution >= 4 is 29.1 Å². The Balaban J connectivity index is 2.93. The molecule has 1 unspecified atom stereocenters. The zero-order chi connectivity index (χ0) is 12.1. The van der Waals surface area contributed by atoms with Crippen molar-refractivity contribution in [2.75, 3.05) is 13.0 Å². The molecule has 1 amide bonds. The van der Waals surface area contributed by atoms with Crippen molar-refractivity contribution < 1.29 is 9.53 Å². The Morgan fingerprint density at radius 2 is 2.25 bits per heavy atom. The third-order valence-corrected chi connectivity index (χ3v) is 2.71. The highest BCUT2D eigenvalue weighted by molar-refractivity contribution is 6.31. The molecule has 1 N–H and O–H groups in total. The van der Waals surface area contributed by atoms with Crippen LogP contribution in [0.2, 0.25) is 5.02 Å². The first-order chi connectivity index (χ1) is 7.58. The number of halogens is 2. The lowest BCUT2D eigenvalue weighted by Gasteiger charge is -2.13. The fraction of sp³-hybridized carbons (Fsp3) is 0.364. The number of ether oxygens (including phenoxy) is 1. The minimum Gasteiger partial charge on any atom is -0.496 e. The lowest BCUT2D eigenvalue weighted by Crippen LogP contribution is -2.33. The summed E-state index contributed by atoms with van der Waals surface area (Å²) >= 11 is 11.4. The molecular weight excluding hydrogens is 249 g/mol. The summed E-state index contributed by atoms with van der Waals surface area (Å²) in [6, 6.07) is 4.79. The summed E-state index contributed by atoms with van der Waals surface area (Å²) in [6.07, 6.45) is 0. The fourth-order valence-electron chi connectivity index (χ4n) is 1.20. The van der Waals surface area contributed by atoms with Crippen LogP contribution in [0.4, 0.5) is 0 Å². The van der Waals surface area contributed by atoms with Gasteiger partial charge in [0.1, 0.15) is 5.75 Å². The van der Waals surface area contributed by atoms with Gasteiger partial charge in [-0.1, -0.05) is 11.6 Å². The summed E-state index contributed by atoms with van der Waals surface area (Å²) in [5, 5.41) is 3.23. The van der Waals surface area contributed by atoms with E-state index in [4.69, 9.17) is 27.9 Å². The Labute approximate surface area is 105 Å². The zero-order valence-electron chi connectivity index (χ0n) is 9.09. The van der Waals surface area contributed by atoms with Crippen molar-refractivity contribution in [2.24, 2.45) is 0 Å². The molecule has 0 saturated heterocycles. The van der Waals surface area contributed by atoms with Crippen LogP contribution in [0, 0.1) is 0 Å². The molecule has 0 heterocycles. The summed E-state index contributed by atoms with van der Waals surface area (Å²) in [5.74, 6) is 0.602. The van der Waals surface area contributed by atoms with Crippen molar-refractivity contribution in [3.8, 4) is 5.75 Å². The van der Waals surface area contributed by atoms with Gasteiger partial charge in [-0.15, -0.1) is 11.6 Å². The molecular formula is C11H13Cl2NO2. The lowest BCUT2D eigenvalue weighted by atomic mass is 10.2. The van der Waals surface area contributed by atoms with Crippen LogP contribution in [0.15, 0.2) is 18.2 Å². The number of nitrogens with one attached hydrogen (secondary N) is 1. The van der Waals surface area contributed by atoms with E-state index in [0.717, 1.165) is 0 Å². The van der Waals surface area contributed by atoms with Gasteiger partial charge in [-0.2, -0.15) is 0 Å².